The lowest BCUT2D eigenvalue weighted by atomic mass is 10.1. The van der Waals surface area contributed by atoms with Gasteiger partial charge in [-0.2, -0.15) is 0 Å². The molecule has 2 aliphatic rings. The van der Waals surface area contributed by atoms with Gasteiger partial charge in [0.15, 0.2) is 0 Å². The highest BCUT2D eigenvalue weighted by Crippen LogP contribution is 2.30. The van der Waals surface area contributed by atoms with Crippen molar-refractivity contribution in [1.82, 2.24) is 9.80 Å². The van der Waals surface area contributed by atoms with E-state index in [-0.39, 0.29) is 47.8 Å². The van der Waals surface area contributed by atoms with Crippen LogP contribution in [0.1, 0.15) is 34.3 Å². The summed E-state index contributed by atoms with van der Waals surface area (Å²) < 4.78 is 14.1. The summed E-state index contributed by atoms with van der Waals surface area (Å²) in [7, 11) is 0. The van der Waals surface area contributed by atoms with E-state index < -0.39 is 0 Å². The lowest BCUT2D eigenvalue weighted by Crippen LogP contribution is -2.33. The maximum atomic E-state index is 14.1. The third kappa shape index (κ3) is 3.94. The van der Waals surface area contributed by atoms with E-state index in [2.05, 4.69) is 0 Å². The summed E-state index contributed by atoms with van der Waals surface area (Å²) in [6, 6.07) is 13.6. The fourth-order valence-electron chi connectivity index (χ4n) is 3.25. The van der Waals surface area contributed by atoms with Crippen LogP contribution in [0.25, 0.3) is 0 Å². The molecule has 1 heterocycles. The zero-order chi connectivity index (χ0) is 19.7. The van der Waals surface area contributed by atoms with Crippen LogP contribution in [0.3, 0.4) is 0 Å². The van der Waals surface area contributed by atoms with Gasteiger partial charge in [0.05, 0.1) is 12.3 Å². The van der Waals surface area contributed by atoms with Crippen molar-refractivity contribution in [2.75, 3.05) is 5.75 Å². The van der Waals surface area contributed by atoms with Crippen LogP contribution in [-0.2, 0) is 17.9 Å². The predicted octanol–water partition coefficient (Wildman–Crippen LogP) is 3.83. The smallest absolute Gasteiger partial charge is 0.289 e. The number of benzene rings is 2. The summed E-state index contributed by atoms with van der Waals surface area (Å²) in [4.78, 5) is 39.6. The van der Waals surface area contributed by atoms with Gasteiger partial charge in [-0.05, 0) is 36.6 Å². The Morgan fingerprint density at radius 1 is 1.14 bits per heavy atom. The summed E-state index contributed by atoms with van der Waals surface area (Å²) in [5.41, 5.74) is 1.69. The van der Waals surface area contributed by atoms with Crippen LogP contribution < -0.4 is 0 Å². The first-order valence-corrected chi connectivity index (χ1v) is 10.1. The van der Waals surface area contributed by atoms with Crippen LogP contribution in [-0.4, -0.2) is 38.6 Å². The lowest BCUT2D eigenvalue weighted by molar-refractivity contribution is -0.125. The normalized spacial score (nSPS) is 16.5. The Hall–Kier alpha value is -2.67. The maximum absolute atomic E-state index is 14.1. The molecule has 0 radical (unpaired) electrons. The second-order valence-corrected chi connectivity index (χ2v) is 7.92. The number of carbonyl (C=O) groups excluding carboxylic acids is 3. The summed E-state index contributed by atoms with van der Waals surface area (Å²) in [6.07, 6.45) is 1.82. The highest BCUT2D eigenvalue weighted by Gasteiger charge is 2.34. The molecule has 2 fully saturated rings. The van der Waals surface area contributed by atoms with Gasteiger partial charge in [-0.15, -0.1) is 0 Å². The van der Waals surface area contributed by atoms with Gasteiger partial charge >= 0.3 is 0 Å². The summed E-state index contributed by atoms with van der Waals surface area (Å²) in [6.45, 7) is 0.378. The van der Waals surface area contributed by atoms with Gasteiger partial charge in [0.1, 0.15) is 5.82 Å². The molecule has 0 N–H and O–H groups in total. The van der Waals surface area contributed by atoms with Crippen molar-refractivity contribution < 1.29 is 18.8 Å². The van der Waals surface area contributed by atoms with Gasteiger partial charge in [0, 0.05) is 23.7 Å². The van der Waals surface area contributed by atoms with Crippen LogP contribution in [0.5, 0.6) is 0 Å². The largest absolute Gasteiger partial charge is 0.331 e. The third-order valence-electron chi connectivity index (χ3n) is 4.90. The van der Waals surface area contributed by atoms with Crippen LogP contribution in [0.2, 0.25) is 0 Å². The topological polar surface area (TPSA) is 57.7 Å². The quantitative estimate of drug-likeness (QED) is 0.742. The highest BCUT2D eigenvalue weighted by atomic mass is 32.2. The molecule has 1 saturated heterocycles. The van der Waals surface area contributed by atoms with E-state index >= 15 is 0 Å². The Morgan fingerprint density at radius 2 is 1.93 bits per heavy atom. The minimum absolute atomic E-state index is 0.119. The molecule has 1 aliphatic carbocycles. The van der Waals surface area contributed by atoms with Crippen molar-refractivity contribution in [2.24, 2.45) is 0 Å². The molecule has 1 aliphatic heterocycles. The second-order valence-electron chi connectivity index (χ2n) is 6.99. The van der Waals surface area contributed by atoms with Gasteiger partial charge in [-0.1, -0.05) is 42.1 Å². The third-order valence-corrected chi connectivity index (χ3v) is 5.76. The number of hydrogen-bond acceptors (Lipinski definition) is 4. The summed E-state index contributed by atoms with van der Waals surface area (Å²) in [5, 5.41) is -0.263. The number of halogens is 1. The van der Waals surface area contributed by atoms with Crippen molar-refractivity contribution in [3.05, 3.63) is 71.0 Å². The number of nitrogens with zero attached hydrogens (tertiary/aromatic N) is 2. The number of amides is 3. The van der Waals surface area contributed by atoms with E-state index in [1.165, 1.54) is 11.0 Å². The van der Waals surface area contributed by atoms with E-state index in [9.17, 15) is 18.8 Å². The average Bonchev–Trinajstić information content (AvgIpc) is 3.49. The Balaban J connectivity index is 1.54. The molecule has 2 aromatic carbocycles. The molecular weight excluding hydrogens is 379 g/mol. The summed E-state index contributed by atoms with van der Waals surface area (Å²) >= 11 is 0.990. The van der Waals surface area contributed by atoms with E-state index in [4.69, 9.17) is 0 Å². The van der Waals surface area contributed by atoms with Gasteiger partial charge in [-0.25, -0.2) is 4.39 Å². The maximum Gasteiger partial charge on any atom is 0.289 e. The Labute approximate surface area is 166 Å². The Kier molecular flexibility index (Phi) is 5.17. The molecular formula is C21H19FN2O3S. The molecule has 28 heavy (non-hydrogen) atoms. The molecule has 3 amide bonds. The zero-order valence-electron chi connectivity index (χ0n) is 15.1. The van der Waals surface area contributed by atoms with Crippen molar-refractivity contribution in [3.8, 4) is 0 Å². The number of rotatable bonds is 6. The standard InChI is InChI=1S/C21H19FN2O3S/c22-18-7-2-1-5-16(18)12-23(17-8-9-17)20(26)15-6-3-4-14(10-15)11-24-19(25)13-28-21(24)27/h1-7,10,17H,8-9,11-13H2. The minimum atomic E-state index is -0.321. The van der Waals surface area contributed by atoms with Gasteiger partial charge in [-0.3, -0.25) is 19.3 Å². The molecule has 2 aromatic rings. The second kappa shape index (κ2) is 7.75. The molecule has 0 spiro atoms. The van der Waals surface area contributed by atoms with E-state index in [1.54, 1.807) is 47.4 Å². The lowest BCUT2D eigenvalue weighted by Gasteiger charge is -2.23. The first-order valence-electron chi connectivity index (χ1n) is 9.13. The van der Waals surface area contributed by atoms with Crippen LogP contribution in [0, 0.1) is 5.82 Å². The summed E-state index contributed by atoms with van der Waals surface area (Å²) in [5.74, 6) is -0.541. The molecule has 0 unspecified atom stereocenters. The van der Waals surface area contributed by atoms with E-state index in [0.717, 1.165) is 30.2 Å². The average molecular weight is 398 g/mol. The first-order chi connectivity index (χ1) is 13.5. The minimum Gasteiger partial charge on any atom is -0.331 e. The molecule has 0 aromatic heterocycles. The number of thioether (sulfide) groups is 1. The Bertz CT molecular complexity index is 929. The van der Waals surface area contributed by atoms with Crippen molar-refractivity contribution in [2.45, 2.75) is 32.0 Å². The van der Waals surface area contributed by atoms with E-state index in [0.29, 0.717) is 11.1 Å². The monoisotopic (exact) mass is 398 g/mol. The Morgan fingerprint density at radius 3 is 2.61 bits per heavy atom. The van der Waals surface area contributed by atoms with Crippen LogP contribution in [0.4, 0.5) is 9.18 Å². The number of hydrogen-bond donors (Lipinski definition) is 0. The van der Waals surface area contributed by atoms with Gasteiger partial charge < -0.3 is 4.90 Å². The van der Waals surface area contributed by atoms with Gasteiger partial charge in [0.25, 0.3) is 11.1 Å². The van der Waals surface area contributed by atoms with E-state index in [1.807, 2.05) is 0 Å². The predicted molar refractivity (Wildman–Crippen MR) is 104 cm³/mol. The van der Waals surface area contributed by atoms with Crippen LogP contribution in [0.15, 0.2) is 48.5 Å². The molecule has 144 valence electrons. The molecule has 0 bridgehead atoms. The molecule has 7 heteroatoms. The fraction of sp³-hybridized carbons (Fsp3) is 0.286. The van der Waals surface area contributed by atoms with Crippen molar-refractivity contribution >= 4 is 28.8 Å². The SMILES string of the molecule is O=C1CSC(=O)N1Cc1cccc(C(=O)N(Cc2ccccc2F)C2CC2)c1. The highest BCUT2D eigenvalue weighted by molar-refractivity contribution is 8.14. The van der Waals surface area contributed by atoms with Crippen molar-refractivity contribution in [3.63, 3.8) is 0 Å². The van der Waals surface area contributed by atoms with Crippen LogP contribution >= 0.6 is 11.8 Å². The molecule has 4 rings (SSSR count). The fourth-order valence-corrected chi connectivity index (χ4v) is 3.97. The van der Waals surface area contributed by atoms with Gasteiger partial charge in [0.2, 0.25) is 5.91 Å². The molecule has 0 atom stereocenters. The number of imide groups is 1. The number of carbonyl (C=O) groups is 3. The zero-order valence-corrected chi connectivity index (χ0v) is 16.0. The van der Waals surface area contributed by atoms with Crippen molar-refractivity contribution in [1.29, 1.82) is 0 Å². The molecule has 1 saturated carbocycles. The first kappa shape index (κ1) is 18.7. The molecule has 5 nitrogen and oxygen atoms in total.